The smallest absolute Gasteiger partial charge is 0.462 e. The summed E-state index contributed by atoms with van der Waals surface area (Å²) >= 11 is 0. The molecule has 1 aliphatic heterocycles. The number of carbonyl (C=O) groups excluding carboxylic acids is 2. The van der Waals surface area contributed by atoms with Crippen molar-refractivity contribution in [3.63, 3.8) is 0 Å². The van der Waals surface area contributed by atoms with E-state index in [0.717, 1.165) is 6.26 Å². The van der Waals surface area contributed by atoms with Crippen molar-refractivity contribution < 1.29 is 23.8 Å². The summed E-state index contributed by atoms with van der Waals surface area (Å²) in [6.07, 6.45) is 0.737. The monoisotopic (exact) mass is 186 g/mol. The molecule has 0 N–H and O–H groups in total. The van der Waals surface area contributed by atoms with Crippen LogP contribution in [-0.4, -0.2) is 25.3 Å². The topological polar surface area (TPSA) is 61.8 Å². The molecule has 0 bridgehead atoms. The lowest BCUT2D eigenvalue weighted by atomic mass is 10.3. The molecule has 0 amide bonds. The Bertz CT molecular complexity index is 243. The van der Waals surface area contributed by atoms with Crippen LogP contribution in [0.25, 0.3) is 0 Å². The molecular formula is C8H10O5. The summed E-state index contributed by atoms with van der Waals surface area (Å²) in [6, 6.07) is 0. The summed E-state index contributed by atoms with van der Waals surface area (Å²) in [5.41, 5.74) is 0.355. The molecule has 0 radical (unpaired) electrons. The van der Waals surface area contributed by atoms with Crippen molar-refractivity contribution in [2.24, 2.45) is 0 Å². The molecule has 0 aromatic rings. The van der Waals surface area contributed by atoms with E-state index in [0.29, 0.717) is 18.6 Å². The Morgan fingerprint density at radius 3 is 3.00 bits per heavy atom. The van der Waals surface area contributed by atoms with E-state index >= 15 is 0 Å². The van der Waals surface area contributed by atoms with Crippen LogP contribution in [0.3, 0.4) is 0 Å². The van der Waals surface area contributed by atoms with Crippen LogP contribution in [-0.2, 0) is 19.0 Å². The van der Waals surface area contributed by atoms with Crippen molar-refractivity contribution in [2.75, 3.05) is 13.2 Å². The van der Waals surface area contributed by atoms with Gasteiger partial charge in [0.05, 0.1) is 18.8 Å². The Labute approximate surface area is 75.3 Å². The van der Waals surface area contributed by atoms with Crippen LogP contribution in [0.5, 0.6) is 0 Å². The molecule has 0 atom stereocenters. The number of hydrogen-bond acceptors (Lipinski definition) is 5. The van der Waals surface area contributed by atoms with Gasteiger partial charge in [0.15, 0.2) is 0 Å². The largest absolute Gasteiger partial charge is 0.513 e. The van der Waals surface area contributed by atoms with Crippen molar-refractivity contribution in [1.29, 1.82) is 0 Å². The lowest BCUT2D eigenvalue weighted by Gasteiger charge is -1.98. The Morgan fingerprint density at radius 2 is 2.46 bits per heavy atom. The minimum absolute atomic E-state index is 0.243. The molecule has 0 saturated carbocycles. The molecule has 0 aliphatic carbocycles. The normalized spacial score (nSPS) is 18.5. The zero-order valence-corrected chi connectivity index (χ0v) is 7.24. The van der Waals surface area contributed by atoms with Gasteiger partial charge < -0.3 is 14.2 Å². The van der Waals surface area contributed by atoms with Gasteiger partial charge in [0, 0.05) is 6.42 Å². The van der Waals surface area contributed by atoms with Crippen LogP contribution in [0.4, 0.5) is 4.79 Å². The molecule has 1 heterocycles. The summed E-state index contributed by atoms with van der Waals surface area (Å²) in [6.45, 7) is 2.25. The Morgan fingerprint density at radius 1 is 1.69 bits per heavy atom. The third-order valence-corrected chi connectivity index (χ3v) is 1.43. The molecule has 0 aromatic carbocycles. The molecule has 0 aromatic heterocycles. The van der Waals surface area contributed by atoms with Gasteiger partial charge in [0.2, 0.25) is 0 Å². The van der Waals surface area contributed by atoms with E-state index in [4.69, 9.17) is 0 Å². The highest BCUT2D eigenvalue weighted by molar-refractivity contribution is 5.90. The zero-order chi connectivity index (χ0) is 9.68. The lowest BCUT2D eigenvalue weighted by Crippen LogP contribution is -2.04. The van der Waals surface area contributed by atoms with E-state index in [1.165, 1.54) is 0 Å². The molecule has 1 fully saturated rings. The van der Waals surface area contributed by atoms with Crippen LogP contribution in [0.2, 0.25) is 0 Å². The van der Waals surface area contributed by atoms with Crippen LogP contribution < -0.4 is 0 Å². The molecule has 0 unspecified atom stereocenters. The van der Waals surface area contributed by atoms with Crippen LogP contribution >= 0.6 is 0 Å². The van der Waals surface area contributed by atoms with Gasteiger partial charge in [0.1, 0.15) is 6.26 Å². The lowest BCUT2D eigenvalue weighted by molar-refractivity contribution is -0.135. The quantitative estimate of drug-likeness (QED) is 0.365. The van der Waals surface area contributed by atoms with Gasteiger partial charge in [-0.25, -0.2) is 9.59 Å². The van der Waals surface area contributed by atoms with E-state index in [1.54, 1.807) is 6.92 Å². The highest BCUT2D eigenvalue weighted by Crippen LogP contribution is 2.12. The summed E-state index contributed by atoms with van der Waals surface area (Å²) < 4.78 is 13.6. The van der Waals surface area contributed by atoms with Gasteiger partial charge >= 0.3 is 12.1 Å². The third-order valence-electron chi connectivity index (χ3n) is 1.43. The Balaban J connectivity index is 2.38. The fourth-order valence-corrected chi connectivity index (χ4v) is 0.827. The molecule has 72 valence electrons. The van der Waals surface area contributed by atoms with Gasteiger partial charge in [-0.05, 0) is 6.92 Å². The number of carbonyl (C=O) groups is 2. The fourth-order valence-electron chi connectivity index (χ4n) is 0.827. The summed E-state index contributed by atoms with van der Waals surface area (Å²) in [5, 5.41) is 0. The number of esters is 1. The third kappa shape index (κ3) is 2.77. The van der Waals surface area contributed by atoms with E-state index in [2.05, 4.69) is 14.2 Å². The SMILES string of the molecule is CCOC(=O)O/C=C1\CCOC1=O. The predicted octanol–water partition coefficient (Wildman–Crippen LogP) is 0.990. The first-order valence-corrected chi connectivity index (χ1v) is 3.93. The first-order chi connectivity index (χ1) is 6.24. The van der Waals surface area contributed by atoms with Crippen molar-refractivity contribution in [2.45, 2.75) is 13.3 Å². The Hall–Kier alpha value is -1.52. The van der Waals surface area contributed by atoms with Crippen molar-refractivity contribution in [1.82, 2.24) is 0 Å². The highest BCUT2D eigenvalue weighted by atomic mass is 16.7. The zero-order valence-electron chi connectivity index (χ0n) is 7.24. The van der Waals surface area contributed by atoms with Gasteiger partial charge in [-0.15, -0.1) is 0 Å². The standard InChI is InChI=1S/C8H10O5/c1-2-11-8(10)13-5-6-3-4-12-7(6)9/h5H,2-4H2,1H3/b6-5+. The van der Waals surface area contributed by atoms with E-state index in [-0.39, 0.29) is 6.61 Å². The number of cyclic esters (lactones) is 1. The maximum atomic E-state index is 10.8. The fraction of sp³-hybridized carbons (Fsp3) is 0.500. The second-order valence-corrected chi connectivity index (χ2v) is 2.33. The molecule has 1 aliphatic rings. The van der Waals surface area contributed by atoms with E-state index in [9.17, 15) is 9.59 Å². The molecule has 0 spiro atoms. The van der Waals surface area contributed by atoms with Gasteiger partial charge in [-0.2, -0.15) is 0 Å². The predicted molar refractivity (Wildman–Crippen MR) is 41.8 cm³/mol. The summed E-state index contributed by atoms with van der Waals surface area (Å²) in [7, 11) is 0. The minimum Gasteiger partial charge on any atom is -0.462 e. The number of ether oxygens (including phenoxy) is 3. The molecular weight excluding hydrogens is 176 g/mol. The van der Waals surface area contributed by atoms with Crippen molar-refractivity contribution >= 4 is 12.1 Å². The molecule has 1 saturated heterocycles. The Kier molecular flexibility index (Phi) is 3.31. The van der Waals surface area contributed by atoms with Crippen molar-refractivity contribution in [3.8, 4) is 0 Å². The maximum Gasteiger partial charge on any atom is 0.513 e. The number of rotatable bonds is 2. The van der Waals surface area contributed by atoms with Gasteiger partial charge in [-0.3, -0.25) is 0 Å². The molecule has 13 heavy (non-hydrogen) atoms. The first-order valence-electron chi connectivity index (χ1n) is 3.93. The maximum absolute atomic E-state index is 10.8. The summed E-state index contributed by atoms with van der Waals surface area (Å²) in [5.74, 6) is -0.440. The summed E-state index contributed by atoms with van der Waals surface area (Å²) in [4.78, 5) is 21.5. The highest BCUT2D eigenvalue weighted by Gasteiger charge is 2.19. The first kappa shape index (κ1) is 9.57. The second kappa shape index (κ2) is 4.49. The van der Waals surface area contributed by atoms with Crippen molar-refractivity contribution in [3.05, 3.63) is 11.8 Å². The van der Waals surface area contributed by atoms with Crippen LogP contribution in [0.1, 0.15) is 13.3 Å². The average Bonchev–Trinajstić information content (AvgIpc) is 2.48. The average molecular weight is 186 g/mol. The van der Waals surface area contributed by atoms with Crippen LogP contribution in [0.15, 0.2) is 11.8 Å². The van der Waals surface area contributed by atoms with Gasteiger partial charge in [-0.1, -0.05) is 0 Å². The second-order valence-electron chi connectivity index (χ2n) is 2.33. The number of hydrogen-bond donors (Lipinski definition) is 0. The molecule has 5 nitrogen and oxygen atoms in total. The van der Waals surface area contributed by atoms with E-state index in [1.807, 2.05) is 0 Å². The molecule has 5 heteroatoms. The van der Waals surface area contributed by atoms with E-state index < -0.39 is 12.1 Å². The van der Waals surface area contributed by atoms with Gasteiger partial charge in [0.25, 0.3) is 0 Å². The minimum atomic E-state index is -0.810. The molecule has 1 rings (SSSR count). The van der Waals surface area contributed by atoms with Crippen LogP contribution in [0, 0.1) is 0 Å².